The van der Waals surface area contributed by atoms with Gasteiger partial charge in [0.2, 0.25) is 5.91 Å². The van der Waals surface area contributed by atoms with E-state index in [1.54, 1.807) is 0 Å². The first-order valence-electron chi connectivity index (χ1n) is 9.32. The molecule has 3 fully saturated rings. The lowest BCUT2D eigenvalue weighted by Gasteiger charge is -2.23. The van der Waals surface area contributed by atoms with Crippen molar-refractivity contribution in [1.82, 2.24) is 10.2 Å². The number of carboxylic acid groups (broad SMARTS) is 1. The van der Waals surface area contributed by atoms with Crippen molar-refractivity contribution in [3.8, 4) is 0 Å². The molecule has 2 atom stereocenters. The van der Waals surface area contributed by atoms with Crippen LogP contribution in [0.1, 0.15) is 57.8 Å². The molecule has 1 heterocycles. The Morgan fingerprint density at radius 2 is 1.91 bits per heavy atom. The molecule has 0 radical (unpaired) electrons. The van der Waals surface area contributed by atoms with Crippen LogP contribution in [-0.2, 0) is 9.59 Å². The first-order valence-corrected chi connectivity index (χ1v) is 9.32. The van der Waals surface area contributed by atoms with E-state index < -0.39 is 11.4 Å². The van der Waals surface area contributed by atoms with E-state index in [0.717, 1.165) is 32.4 Å². The lowest BCUT2D eigenvalue weighted by Crippen LogP contribution is -2.37. The summed E-state index contributed by atoms with van der Waals surface area (Å²) in [6.45, 7) is 2.99. The standard InChI is InChI=1S/C18H30N2O3/c21-16(19-11-14-5-2-1-3-6-14)8-10-20-12-15-7-4-9-18(15,13-20)17(22)23/h14-15H,1-13H2,(H,19,21)(H,22,23)/t15-,18+/m0/s1. The van der Waals surface area contributed by atoms with Crippen molar-refractivity contribution < 1.29 is 14.7 Å². The summed E-state index contributed by atoms with van der Waals surface area (Å²) in [6.07, 6.45) is 9.78. The van der Waals surface area contributed by atoms with Crippen LogP contribution in [0.2, 0.25) is 0 Å². The first-order chi connectivity index (χ1) is 11.1. The van der Waals surface area contributed by atoms with E-state index in [9.17, 15) is 14.7 Å². The number of nitrogens with one attached hydrogen (secondary N) is 1. The zero-order chi connectivity index (χ0) is 16.3. The van der Waals surface area contributed by atoms with Gasteiger partial charge in [0, 0.05) is 32.6 Å². The molecule has 130 valence electrons. The summed E-state index contributed by atoms with van der Waals surface area (Å²) in [7, 11) is 0. The summed E-state index contributed by atoms with van der Waals surface area (Å²) in [6, 6.07) is 0. The van der Waals surface area contributed by atoms with Gasteiger partial charge < -0.3 is 15.3 Å². The molecule has 0 spiro atoms. The topological polar surface area (TPSA) is 69.6 Å². The molecular weight excluding hydrogens is 292 g/mol. The van der Waals surface area contributed by atoms with Crippen LogP contribution in [0.25, 0.3) is 0 Å². The lowest BCUT2D eigenvalue weighted by molar-refractivity contribution is -0.149. The van der Waals surface area contributed by atoms with Gasteiger partial charge in [0.05, 0.1) is 5.41 Å². The molecule has 0 aromatic carbocycles. The molecule has 3 rings (SSSR count). The number of carbonyl (C=O) groups is 2. The van der Waals surface area contributed by atoms with Gasteiger partial charge in [-0.25, -0.2) is 0 Å². The number of rotatable bonds is 6. The number of hydrogen-bond acceptors (Lipinski definition) is 3. The van der Waals surface area contributed by atoms with Gasteiger partial charge >= 0.3 is 5.97 Å². The molecule has 0 unspecified atom stereocenters. The molecule has 2 N–H and O–H groups in total. The van der Waals surface area contributed by atoms with Crippen LogP contribution in [0.3, 0.4) is 0 Å². The van der Waals surface area contributed by atoms with E-state index in [0.29, 0.717) is 25.4 Å². The normalized spacial score (nSPS) is 31.9. The van der Waals surface area contributed by atoms with Crippen molar-refractivity contribution in [1.29, 1.82) is 0 Å². The number of likely N-dealkylation sites (tertiary alicyclic amines) is 1. The molecule has 1 saturated heterocycles. The van der Waals surface area contributed by atoms with E-state index in [-0.39, 0.29) is 11.8 Å². The van der Waals surface area contributed by atoms with Gasteiger partial charge in [-0.2, -0.15) is 0 Å². The van der Waals surface area contributed by atoms with Crippen molar-refractivity contribution in [2.24, 2.45) is 17.3 Å². The molecule has 2 saturated carbocycles. The third-order valence-corrected chi connectivity index (χ3v) is 6.33. The monoisotopic (exact) mass is 322 g/mol. The van der Waals surface area contributed by atoms with Crippen molar-refractivity contribution in [3.05, 3.63) is 0 Å². The van der Waals surface area contributed by atoms with Crippen LogP contribution in [0.15, 0.2) is 0 Å². The minimum Gasteiger partial charge on any atom is -0.481 e. The van der Waals surface area contributed by atoms with E-state index >= 15 is 0 Å². The van der Waals surface area contributed by atoms with Gasteiger partial charge in [0.15, 0.2) is 0 Å². The SMILES string of the molecule is O=C(CCN1C[C@@H]2CCC[C@@]2(C(=O)O)C1)NCC1CCCCC1. The Labute approximate surface area is 138 Å². The van der Waals surface area contributed by atoms with Crippen LogP contribution in [0.4, 0.5) is 0 Å². The van der Waals surface area contributed by atoms with Crippen molar-refractivity contribution in [2.45, 2.75) is 57.8 Å². The molecule has 23 heavy (non-hydrogen) atoms. The highest BCUT2D eigenvalue weighted by atomic mass is 16.4. The van der Waals surface area contributed by atoms with Crippen molar-refractivity contribution >= 4 is 11.9 Å². The quantitative estimate of drug-likeness (QED) is 0.787. The largest absolute Gasteiger partial charge is 0.481 e. The van der Waals surface area contributed by atoms with Crippen molar-refractivity contribution in [3.63, 3.8) is 0 Å². The van der Waals surface area contributed by atoms with E-state index in [1.165, 1.54) is 32.1 Å². The maximum Gasteiger partial charge on any atom is 0.311 e. The van der Waals surface area contributed by atoms with Gasteiger partial charge in [-0.05, 0) is 37.5 Å². The average molecular weight is 322 g/mol. The smallest absolute Gasteiger partial charge is 0.311 e. The molecule has 1 aliphatic heterocycles. The van der Waals surface area contributed by atoms with Gasteiger partial charge in [0.1, 0.15) is 0 Å². The molecule has 5 heteroatoms. The fourth-order valence-electron chi connectivity index (χ4n) is 4.91. The molecule has 1 amide bonds. The highest BCUT2D eigenvalue weighted by molar-refractivity contribution is 5.77. The Morgan fingerprint density at radius 1 is 1.13 bits per heavy atom. The molecule has 0 aromatic rings. The van der Waals surface area contributed by atoms with Gasteiger partial charge in [-0.15, -0.1) is 0 Å². The van der Waals surface area contributed by atoms with Crippen LogP contribution >= 0.6 is 0 Å². The first kappa shape index (κ1) is 16.7. The number of carboxylic acids is 1. The van der Waals surface area contributed by atoms with Crippen LogP contribution in [-0.4, -0.2) is 48.1 Å². The van der Waals surface area contributed by atoms with Crippen LogP contribution in [0, 0.1) is 17.3 Å². The predicted octanol–water partition coefficient (Wildman–Crippen LogP) is 2.26. The average Bonchev–Trinajstić information content (AvgIpc) is 3.10. The third kappa shape index (κ3) is 3.70. The molecular formula is C18H30N2O3. The fourth-order valence-corrected chi connectivity index (χ4v) is 4.91. The maximum absolute atomic E-state index is 12.0. The van der Waals surface area contributed by atoms with E-state index in [1.807, 2.05) is 0 Å². The van der Waals surface area contributed by atoms with Crippen LogP contribution in [0.5, 0.6) is 0 Å². The summed E-state index contributed by atoms with van der Waals surface area (Å²) in [5, 5.41) is 12.7. The number of amides is 1. The summed E-state index contributed by atoms with van der Waals surface area (Å²) in [5.41, 5.74) is -0.529. The summed E-state index contributed by atoms with van der Waals surface area (Å²) < 4.78 is 0. The molecule has 2 aliphatic carbocycles. The van der Waals surface area contributed by atoms with E-state index in [4.69, 9.17) is 0 Å². The Morgan fingerprint density at radius 3 is 2.61 bits per heavy atom. The zero-order valence-electron chi connectivity index (χ0n) is 14.1. The summed E-state index contributed by atoms with van der Waals surface area (Å²) >= 11 is 0. The Hall–Kier alpha value is -1.10. The molecule has 0 aromatic heterocycles. The number of fused-ring (bicyclic) bond motifs is 1. The Kier molecular flexibility index (Phi) is 5.24. The Balaban J connectivity index is 1.39. The Bertz CT molecular complexity index is 448. The van der Waals surface area contributed by atoms with Gasteiger partial charge in [-0.1, -0.05) is 25.7 Å². The fraction of sp³-hybridized carbons (Fsp3) is 0.889. The highest BCUT2D eigenvalue weighted by Crippen LogP contribution is 2.48. The maximum atomic E-state index is 12.0. The summed E-state index contributed by atoms with van der Waals surface area (Å²) in [4.78, 5) is 25.9. The second-order valence-electron chi connectivity index (χ2n) is 7.84. The number of aliphatic carboxylic acids is 1. The molecule has 3 aliphatic rings. The van der Waals surface area contributed by atoms with E-state index in [2.05, 4.69) is 10.2 Å². The molecule has 0 bridgehead atoms. The van der Waals surface area contributed by atoms with Gasteiger partial charge in [-0.3, -0.25) is 9.59 Å². The summed E-state index contributed by atoms with van der Waals surface area (Å²) in [5.74, 6) is 0.431. The number of hydrogen-bond donors (Lipinski definition) is 2. The predicted molar refractivity (Wildman–Crippen MR) is 88.1 cm³/mol. The number of nitrogens with zero attached hydrogens (tertiary/aromatic N) is 1. The zero-order valence-corrected chi connectivity index (χ0v) is 14.1. The third-order valence-electron chi connectivity index (χ3n) is 6.33. The van der Waals surface area contributed by atoms with Crippen LogP contribution < -0.4 is 5.32 Å². The second-order valence-corrected chi connectivity index (χ2v) is 7.84. The minimum atomic E-state index is -0.635. The lowest BCUT2D eigenvalue weighted by atomic mass is 9.81. The second kappa shape index (κ2) is 7.20. The van der Waals surface area contributed by atoms with Gasteiger partial charge in [0.25, 0.3) is 0 Å². The number of carbonyl (C=O) groups excluding carboxylic acids is 1. The molecule has 5 nitrogen and oxygen atoms in total. The minimum absolute atomic E-state index is 0.122. The highest BCUT2D eigenvalue weighted by Gasteiger charge is 2.54. The van der Waals surface area contributed by atoms with Crippen molar-refractivity contribution in [2.75, 3.05) is 26.2 Å².